The van der Waals surface area contributed by atoms with E-state index in [2.05, 4.69) is 17.2 Å². The van der Waals surface area contributed by atoms with Gasteiger partial charge < -0.3 is 10.1 Å². The van der Waals surface area contributed by atoms with Gasteiger partial charge in [0, 0.05) is 18.9 Å². The van der Waals surface area contributed by atoms with E-state index in [0.29, 0.717) is 12.3 Å². The Morgan fingerprint density at radius 1 is 1.14 bits per heavy atom. The minimum atomic E-state index is -0.465. The summed E-state index contributed by atoms with van der Waals surface area (Å²) in [5.74, 6) is 0.528. The van der Waals surface area contributed by atoms with E-state index < -0.39 is 6.09 Å². The first-order valence-corrected chi connectivity index (χ1v) is 7.21. The summed E-state index contributed by atoms with van der Waals surface area (Å²) in [7, 11) is 0. The van der Waals surface area contributed by atoms with E-state index in [0.717, 1.165) is 17.5 Å². The number of benzene rings is 1. The number of nitrogens with zero attached hydrogens (tertiary/aromatic N) is 1. The van der Waals surface area contributed by atoms with Crippen molar-refractivity contribution in [3.63, 3.8) is 0 Å². The Kier molecular flexibility index (Phi) is 7.58. The van der Waals surface area contributed by atoms with E-state index in [-0.39, 0.29) is 0 Å². The van der Waals surface area contributed by atoms with Gasteiger partial charge in [0.1, 0.15) is 5.75 Å². The third-order valence-corrected chi connectivity index (χ3v) is 2.65. The van der Waals surface area contributed by atoms with E-state index in [9.17, 15) is 4.79 Å². The summed E-state index contributed by atoms with van der Waals surface area (Å²) in [6, 6.07) is 11.0. The lowest BCUT2D eigenvalue weighted by atomic mass is 10.2. The molecule has 4 heteroatoms. The fourth-order valence-corrected chi connectivity index (χ4v) is 1.64. The summed E-state index contributed by atoms with van der Waals surface area (Å²) >= 11 is 0. The molecule has 1 amide bonds. The second-order valence-corrected chi connectivity index (χ2v) is 4.11. The first-order valence-electron chi connectivity index (χ1n) is 7.21. The maximum Gasteiger partial charge on any atom is 0.412 e. The normalized spacial score (nSPS) is 9.29. The molecule has 1 aromatic heterocycles. The maximum atomic E-state index is 11.6. The Morgan fingerprint density at radius 3 is 2.48 bits per heavy atom. The van der Waals surface area contributed by atoms with E-state index in [1.165, 1.54) is 0 Å². The SMILES string of the molecule is CC.CCc1cncc(CNC(=O)Oc2ccccc2)c1. The highest BCUT2D eigenvalue weighted by molar-refractivity contribution is 5.70. The molecule has 0 aliphatic carbocycles. The Hall–Kier alpha value is -2.36. The zero-order valence-electron chi connectivity index (χ0n) is 12.8. The van der Waals surface area contributed by atoms with Gasteiger partial charge in [-0.25, -0.2) is 4.79 Å². The average Bonchev–Trinajstić information content (AvgIpc) is 2.56. The molecule has 1 aromatic carbocycles. The van der Waals surface area contributed by atoms with Gasteiger partial charge in [0.25, 0.3) is 0 Å². The van der Waals surface area contributed by atoms with Gasteiger partial charge in [0.2, 0.25) is 0 Å². The second kappa shape index (κ2) is 9.53. The topological polar surface area (TPSA) is 51.2 Å². The Bertz CT molecular complexity index is 541. The molecule has 1 N–H and O–H groups in total. The Balaban J connectivity index is 0.00000106. The molecule has 0 fully saturated rings. The van der Waals surface area contributed by atoms with E-state index in [4.69, 9.17) is 4.74 Å². The number of para-hydroxylation sites is 1. The molecule has 0 bridgehead atoms. The number of hydrogen-bond donors (Lipinski definition) is 1. The molecule has 4 nitrogen and oxygen atoms in total. The average molecular weight is 286 g/mol. The number of carbonyl (C=O) groups excluding carboxylic acids is 1. The van der Waals surface area contributed by atoms with Crippen molar-refractivity contribution < 1.29 is 9.53 Å². The van der Waals surface area contributed by atoms with Crippen LogP contribution in [0.3, 0.4) is 0 Å². The number of carbonyl (C=O) groups is 1. The van der Waals surface area contributed by atoms with Crippen molar-refractivity contribution in [1.82, 2.24) is 10.3 Å². The van der Waals surface area contributed by atoms with Crippen LogP contribution in [-0.2, 0) is 13.0 Å². The van der Waals surface area contributed by atoms with E-state index in [1.54, 1.807) is 18.3 Å². The minimum Gasteiger partial charge on any atom is -0.410 e. The number of rotatable bonds is 4. The number of pyridine rings is 1. The van der Waals surface area contributed by atoms with Gasteiger partial charge in [-0.3, -0.25) is 4.98 Å². The molecule has 0 aliphatic heterocycles. The van der Waals surface area contributed by atoms with Crippen molar-refractivity contribution in [2.45, 2.75) is 33.7 Å². The van der Waals surface area contributed by atoms with Crippen LogP contribution < -0.4 is 10.1 Å². The third kappa shape index (κ3) is 6.08. The quantitative estimate of drug-likeness (QED) is 0.925. The number of amides is 1. The molecule has 0 radical (unpaired) electrons. The molecule has 0 saturated carbocycles. The molecule has 0 unspecified atom stereocenters. The highest BCUT2D eigenvalue weighted by Gasteiger charge is 2.04. The van der Waals surface area contributed by atoms with Crippen LogP contribution in [0.1, 0.15) is 31.9 Å². The third-order valence-electron chi connectivity index (χ3n) is 2.65. The van der Waals surface area contributed by atoms with Gasteiger partial charge in [-0.1, -0.05) is 45.0 Å². The fraction of sp³-hybridized carbons (Fsp3) is 0.294. The molecular weight excluding hydrogens is 264 g/mol. The van der Waals surface area contributed by atoms with Crippen LogP contribution in [0.25, 0.3) is 0 Å². The first-order chi connectivity index (χ1) is 10.3. The van der Waals surface area contributed by atoms with Crippen molar-refractivity contribution in [2.75, 3.05) is 0 Å². The van der Waals surface area contributed by atoms with Gasteiger partial charge in [0.05, 0.1) is 0 Å². The smallest absolute Gasteiger partial charge is 0.410 e. The highest BCUT2D eigenvalue weighted by Crippen LogP contribution is 2.08. The molecule has 0 spiro atoms. The first kappa shape index (κ1) is 16.7. The Labute approximate surface area is 126 Å². The largest absolute Gasteiger partial charge is 0.412 e. The second-order valence-electron chi connectivity index (χ2n) is 4.11. The highest BCUT2D eigenvalue weighted by atomic mass is 16.5. The number of aromatic nitrogens is 1. The van der Waals surface area contributed by atoms with Crippen LogP contribution in [-0.4, -0.2) is 11.1 Å². The maximum absolute atomic E-state index is 11.6. The molecule has 1 heterocycles. The monoisotopic (exact) mass is 286 g/mol. The summed E-state index contributed by atoms with van der Waals surface area (Å²) in [6.45, 7) is 6.48. The summed E-state index contributed by atoms with van der Waals surface area (Å²) < 4.78 is 5.12. The lowest BCUT2D eigenvalue weighted by Crippen LogP contribution is -2.26. The molecule has 112 valence electrons. The van der Waals surface area contributed by atoms with Crippen LogP contribution in [0.5, 0.6) is 5.75 Å². The van der Waals surface area contributed by atoms with Gasteiger partial charge in [-0.05, 0) is 29.7 Å². The predicted molar refractivity (Wildman–Crippen MR) is 84.3 cm³/mol. The van der Waals surface area contributed by atoms with E-state index >= 15 is 0 Å². The van der Waals surface area contributed by atoms with Crippen LogP contribution in [0.4, 0.5) is 4.79 Å². The van der Waals surface area contributed by atoms with Gasteiger partial charge in [-0.2, -0.15) is 0 Å². The molecule has 0 atom stereocenters. The number of nitrogens with one attached hydrogen (secondary N) is 1. The predicted octanol–water partition coefficient (Wildman–Crippen LogP) is 3.96. The van der Waals surface area contributed by atoms with Crippen LogP contribution in [0.15, 0.2) is 48.8 Å². The Morgan fingerprint density at radius 2 is 1.81 bits per heavy atom. The summed E-state index contributed by atoms with van der Waals surface area (Å²) in [5, 5.41) is 2.70. The van der Waals surface area contributed by atoms with Crippen LogP contribution in [0, 0.1) is 0 Å². The summed E-state index contributed by atoms with van der Waals surface area (Å²) in [6.07, 6.45) is 4.02. The zero-order chi connectivity index (χ0) is 15.5. The molecule has 21 heavy (non-hydrogen) atoms. The van der Waals surface area contributed by atoms with Crippen molar-refractivity contribution in [2.24, 2.45) is 0 Å². The van der Waals surface area contributed by atoms with Crippen LogP contribution >= 0.6 is 0 Å². The van der Waals surface area contributed by atoms with Gasteiger partial charge in [-0.15, -0.1) is 0 Å². The van der Waals surface area contributed by atoms with Crippen molar-refractivity contribution >= 4 is 6.09 Å². The fourth-order valence-electron chi connectivity index (χ4n) is 1.64. The number of ether oxygens (including phenoxy) is 1. The lowest BCUT2D eigenvalue weighted by molar-refractivity contribution is 0.200. The lowest BCUT2D eigenvalue weighted by Gasteiger charge is -2.07. The van der Waals surface area contributed by atoms with Crippen molar-refractivity contribution in [3.05, 3.63) is 59.9 Å². The number of hydrogen-bond acceptors (Lipinski definition) is 3. The minimum absolute atomic E-state index is 0.409. The number of aryl methyl sites for hydroxylation is 1. The molecule has 2 aromatic rings. The van der Waals surface area contributed by atoms with Gasteiger partial charge >= 0.3 is 6.09 Å². The standard InChI is InChI=1S/C15H16N2O2.C2H6/c1-2-12-8-13(10-16-9-12)11-17-15(18)19-14-6-4-3-5-7-14;1-2/h3-10H,2,11H2,1H3,(H,17,18);1-2H3. The molecule has 0 aliphatic rings. The molecule has 0 saturated heterocycles. The zero-order valence-corrected chi connectivity index (χ0v) is 12.8. The van der Waals surface area contributed by atoms with Crippen LogP contribution in [0.2, 0.25) is 0 Å². The van der Waals surface area contributed by atoms with Crippen molar-refractivity contribution in [3.8, 4) is 5.75 Å². The molecule has 2 rings (SSSR count). The summed E-state index contributed by atoms with van der Waals surface area (Å²) in [4.78, 5) is 15.7. The van der Waals surface area contributed by atoms with Crippen molar-refractivity contribution in [1.29, 1.82) is 0 Å². The molecular formula is C17H22N2O2. The summed E-state index contributed by atoms with van der Waals surface area (Å²) in [5.41, 5.74) is 2.11. The van der Waals surface area contributed by atoms with E-state index in [1.807, 2.05) is 44.3 Å². The van der Waals surface area contributed by atoms with Gasteiger partial charge in [0.15, 0.2) is 0 Å².